The summed E-state index contributed by atoms with van der Waals surface area (Å²) in [5, 5.41) is 0.345. The lowest BCUT2D eigenvalue weighted by Crippen LogP contribution is -2.17. The number of halogens is 1. The molecule has 0 atom stereocenters. The van der Waals surface area contributed by atoms with E-state index in [0.29, 0.717) is 17.5 Å². The third-order valence-corrected chi connectivity index (χ3v) is 2.68. The Hall–Kier alpha value is -0.980. The SMILES string of the molecule is CSOOc1ncc(C2=NC(C)(C)CO2)cc1Cl. The molecule has 0 N–H and O–H groups in total. The molecule has 0 unspecified atom stereocenters. The van der Waals surface area contributed by atoms with Crippen LogP contribution < -0.4 is 4.89 Å². The molecule has 5 nitrogen and oxygen atoms in total. The summed E-state index contributed by atoms with van der Waals surface area (Å²) in [6.45, 7) is 4.55. The lowest BCUT2D eigenvalue weighted by Gasteiger charge is -2.07. The highest BCUT2D eigenvalue weighted by atomic mass is 35.5. The Labute approximate surface area is 115 Å². The van der Waals surface area contributed by atoms with Gasteiger partial charge in [-0.3, -0.25) is 0 Å². The molecule has 0 bridgehead atoms. The Morgan fingerprint density at radius 2 is 2.28 bits per heavy atom. The number of aromatic nitrogens is 1. The second-order valence-corrected chi connectivity index (χ2v) is 5.22. The fourth-order valence-electron chi connectivity index (χ4n) is 1.40. The zero-order valence-electron chi connectivity index (χ0n) is 10.3. The lowest BCUT2D eigenvalue weighted by molar-refractivity contribution is -0.0816. The van der Waals surface area contributed by atoms with E-state index in [-0.39, 0.29) is 11.4 Å². The quantitative estimate of drug-likeness (QED) is 0.484. The Kier molecular flexibility index (Phi) is 3.99. The summed E-state index contributed by atoms with van der Waals surface area (Å²) >= 11 is 7.09. The minimum atomic E-state index is -0.209. The lowest BCUT2D eigenvalue weighted by atomic mass is 10.1. The number of hydrogen-bond donors (Lipinski definition) is 0. The molecule has 1 aliphatic heterocycles. The summed E-state index contributed by atoms with van der Waals surface area (Å²) in [4.78, 5) is 13.4. The van der Waals surface area contributed by atoms with Crippen LogP contribution in [0.1, 0.15) is 19.4 Å². The standard InChI is InChI=1S/C11H13ClN2O3S/c1-11(2)6-15-9(14-11)7-4-8(12)10(13-5-7)16-17-18-3/h4-5H,6H2,1-3H3. The van der Waals surface area contributed by atoms with Gasteiger partial charge in [-0.05, 0) is 19.9 Å². The summed E-state index contributed by atoms with van der Waals surface area (Å²) < 4.78 is 10.2. The summed E-state index contributed by atoms with van der Waals surface area (Å²) in [6.07, 6.45) is 3.32. The maximum Gasteiger partial charge on any atom is 0.276 e. The minimum absolute atomic E-state index is 0.209. The van der Waals surface area contributed by atoms with E-state index in [9.17, 15) is 0 Å². The number of ether oxygens (including phenoxy) is 1. The highest BCUT2D eigenvalue weighted by molar-refractivity contribution is 7.93. The van der Waals surface area contributed by atoms with Crippen LogP contribution in [0.15, 0.2) is 17.3 Å². The Bertz CT molecular complexity index is 479. The van der Waals surface area contributed by atoms with E-state index in [2.05, 4.69) is 9.98 Å². The second kappa shape index (κ2) is 5.34. The van der Waals surface area contributed by atoms with Crippen LogP contribution in [-0.2, 0) is 9.07 Å². The summed E-state index contributed by atoms with van der Waals surface area (Å²) in [5.41, 5.74) is 0.515. The molecule has 1 aromatic rings. The van der Waals surface area contributed by atoms with Gasteiger partial charge in [0.25, 0.3) is 5.88 Å². The Morgan fingerprint density at radius 3 is 2.83 bits per heavy atom. The molecule has 0 fully saturated rings. The van der Waals surface area contributed by atoms with E-state index >= 15 is 0 Å². The van der Waals surface area contributed by atoms with Gasteiger partial charge >= 0.3 is 0 Å². The largest absolute Gasteiger partial charge is 0.475 e. The topological polar surface area (TPSA) is 52.9 Å². The van der Waals surface area contributed by atoms with Crippen molar-refractivity contribution in [3.05, 3.63) is 22.8 Å². The van der Waals surface area contributed by atoms with Crippen LogP contribution in [0, 0.1) is 0 Å². The molecule has 0 amide bonds. The molecular formula is C11H13ClN2O3S. The van der Waals surface area contributed by atoms with E-state index in [1.807, 2.05) is 13.8 Å². The molecule has 2 heterocycles. The molecule has 1 aromatic heterocycles. The highest BCUT2D eigenvalue weighted by Crippen LogP contribution is 2.26. The minimum Gasteiger partial charge on any atom is -0.475 e. The Balaban J connectivity index is 2.19. The molecule has 0 aromatic carbocycles. The monoisotopic (exact) mass is 288 g/mol. The van der Waals surface area contributed by atoms with Crippen LogP contribution in [-0.4, -0.2) is 29.3 Å². The number of rotatable bonds is 4. The third kappa shape index (κ3) is 3.07. The van der Waals surface area contributed by atoms with Crippen molar-refractivity contribution >= 4 is 29.5 Å². The van der Waals surface area contributed by atoms with Crippen LogP contribution >= 0.6 is 23.6 Å². The van der Waals surface area contributed by atoms with Crippen molar-refractivity contribution < 1.29 is 14.0 Å². The van der Waals surface area contributed by atoms with Crippen molar-refractivity contribution in [1.29, 1.82) is 0 Å². The number of aliphatic imine (C=N–C) groups is 1. The van der Waals surface area contributed by atoms with E-state index in [1.165, 1.54) is 0 Å². The first kappa shape index (κ1) is 13.5. The molecule has 0 saturated carbocycles. The second-order valence-electron chi connectivity index (χ2n) is 4.35. The fourth-order valence-corrected chi connectivity index (χ4v) is 1.73. The maximum atomic E-state index is 6.03. The van der Waals surface area contributed by atoms with E-state index in [0.717, 1.165) is 17.6 Å². The van der Waals surface area contributed by atoms with Gasteiger partial charge in [-0.2, -0.15) is 0 Å². The van der Waals surface area contributed by atoms with Crippen LogP contribution in [0.5, 0.6) is 5.88 Å². The molecular weight excluding hydrogens is 276 g/mol. The first-order chi connectivity index (χ1) is 8.52. The van der Waals surface area contributed by atoms with Gasteiger partial charge in [0, 0.05) is 24.5 Å². The van der Waals surface area contributed by atoms with Crippen molar-refractivity contribution in [1.82, 2.24) is 4.98 Å². The van der Waals surface area contributed by atoms with Crippen molar-refractivity contribution in [2.24, 2.45) is 4.99 Å². The van der Waals surface area contributed by atoms with Gasteiger partial charge in [-0.1, -0.05) is 11.6 Å². The average Bonchev–Trinajstić information content (AvgIpc) is 2.68. The molecule has 0 saturated heterocycles. The normalized spacial score (nSPS) is 17.2. The molecule has 98 valence electrons. The number of hydrogen-bond acceptors (Lipinski definition) is 6. The van der Waals surface area contributed by atoms with Gasteiger partial charge in [-0.15, -0.1) is 4.33 Å². The zero-order chi connectivity index (χ0) is 13.2. The summed E-state index contributed by atoms with van der Waals surface area (Å²) in [5.74, 6) is 0.763. The smallest absolute Gasteiger partial charge is 0.276 e. The van der Waals surface area contributed by atoms with Crippen molar-refractivity contribution in [2.75, 3.05) is 12.9 Å². The predicted octanol–water partition coefficient (Wildman–Crippen LogP) is 2.88. The third-order valence-electron chi connectivity index (χ3n) is 2.20. The van der Waals surface area contributed by atoms with Crippen molar-refractivity contribution in [2.45, 2.75) is 19.4 Å². The molecule has 18 heavy (non-hydrogen) atoms. The zero-order valence-corrected chi connectivity index (χ0v) is 11.8. The molecule has 0 spiro atoms. The maximum absolute atomic E-state index is 6.03. The Morgan fingerprint density at radius 1 is 1.50 bits per heavy atom. The van der Waals surface area contributed by atoms with Crippen LogP contribution in [0.2, 0.25) is 5.02 Å². The first-order valence-electron chi connectivity index (χ1n) is 5.28. The molecule has 0 aliphatic carbocycles. The van der Waals surface area contributed by atoms with Gasteiger partial charge in [-0.25, -0.2) is 9.98 Å². The van der Waals surface area contributed by atoms with Crippen LogP contribution in [0.3, 0.4) is 0 Å². The molecule has 7 heteroatoms. The summed E-state index contributed by atoms with van der Waals surface area (Å²) in [7, 11) is 0. The van der Waals surface area contributed by atoms with Gasteiger partial charge in [0.15, 0.2) is 0 Å². The van der Waals surface area contributed by atoms with Gasteiger partial charge < -0.3 is 9.62 Å². The predicted molar refractivity (Wildman–Crippen MR) is 71.0 cm³/mol. The van der Waals surface area contributed by atoms with Gasteiger partial charge in [0.1, 0.15) is 11.6 Å². The first-order valence-corrected chi connectivity index (χ1v) is 6.80. The average molecular weight is 289 g/mol. The van der Waals surface area contributed by atoms with Crippen LogP contribution in [0.4, 0.5) is 0 Å². The van der Waals surface area contributed by atoms with Crippen LogP contribution in [0.25, 0.3) is 0 Å². The van der Waals surface area contributed by atoms with Gasteiger partial charge in [0.2, 0.25) is 5.90 Å². The molecule has 0 radical (unpaired) electrons. The molecule has 1 aliphatic rings. The highest BCUT2D eigenvalue weighted by Gasteiger charge is 2.27. The van der Waals surface area contributed by atoms with E-state index < -0.39 is 0 Å². The van der Waals surface area contributed by atoms with Crippen molar-refractivity contribution in [3.63, 3.8) is 0 Å². The summed E-state index contributed by atoms with van der Waals surface area (Å²) in [6, 6.07) is 1.69. The van der Waals surface area contributed by atoms with Gasteiger partial charge in [0.05, 0.1) is 11.1 Å². The number of nitrogens with zero attached hydrogens (tertiary/aromatic N) is 2. The molecule has 2 rings (SSSR count). The van der Waals surface area contributed by atoms with E-state index in [1.54, 1.807) is 18.5 Å². The fraction of sp³-hybridized carbons (Fsp3) is 0.455. The van der Waals surface area contributed by atoms with E-state index in [4.69, 9.17) is 25.6 Å². The van der Waals surface area contributed by atoms with Crippen molar-refractivity contribution in [3.8, 4) is 5.88 Å². The number of pyridine rings is 1.